The van der Waals surface area contributed by atoms with E-state index >= 15 is 0 Å². The van der Waals surface area contributed by atoms with Gasteiger partial charge in [0.1, 0.15) is 22.8 Å². The van der Waals surface area contributed by atoms with Crippen LogP contribution in [0.4, 0.5) is 10.5 Å². The Morgan fingerprint density at radius 1 is 1.11 bits per heavy atom. The van der Waals surface area contributed by atoms with Crippen molar-refractivity contribution in [3.63, 3.8) is 0 Å². The van der Waals surface area contributed by atoms with Crippen LogP contribution in [0.5, 0.6) is 0 Å². The van der Waals surface area contributed by atoms with Crippen molar-refractivity contribution in [2.24, 2.45) is 0 Å². The van der Waals surface area contributed by atoms with Crippen LogP contribution in [0.25, 0.3) is 11.0 Å². The fourth-order valence-electron chi connectivity index (χ4n) is 3.52. The van der Waals surface area contributed by atoms with Gasteiger partial charge in [-0.1, -0.05) is 0 Å². The zero-order chi connectivity index (χ0) is 26.2. The number of fused-ring (bicyclic) bond motifs is 1. The van der Waals surface area contributed by atoms with Crippen LogP contribution in [-0.2, 0) is 9.53 Å². The van der Waals surface area contributed by atoms with Gasteiger partial charge in [-0.2, -0.15) is 0 Å². The zero-order valence-electron chi connectivity index (χ0n) is 21.0. The molecule has 1 aromatic heterocycles. The maximum Gasteiger partial charge on any atom is 0.408 e. The molecule has 0 fully saturated rings. The van der Waals surface area contributed by atoms with E-state index in [1.54, 1.807) is 26.8 Å². The number of anilines is 1. The van der Waals surface area contributed by atoms with Crippen LogP contribution in [0.15, 0.2) is 33.5 Å². The molecular weight excluding hydrogens is 454 g/mol. The Morgan fingerprint density at radius 2 is 1.80 bits per heavy atom. The van der Waals surface area contributed by atoms with E-state index in [-0.39, 0.29) is 18.5 Å². The van der Waals surface area contributed by atoms with E-state index in [4.69, 9.17) is 9.15 Å². The van der Waals surface area contributed by atoms with Gasteiger partial charge in [0.25, 0.3) is 5.91 Å². The first-order valence-corrected chi connectivity index (χ1v) is 11.8. The van der Waals surface area contributed by atoms with E-state index < -0.39 is 35.2 Å². The summed E-state index contributed by atoms with van der Waals surface area (Å²) in [6, 6.07) is 5.92. The molecule has 35 heavy (non-hydrogen) atoms. The number of rotatable bonds is 11. The molecule has 1 heterocycles. The Balaban J connectivity index is 1.91. The Bertz CT molecular complexity index is 1100. The highest BCUT2D eigenvalue weighted by Gasteiger charge is 2.23. The van der Waals surface area contributed by atoms with Crippen LogP contribution in [-0.4, -0.2) is 54.4 Å². The van der Waals surface area contributed by atoms with Crippen LogP contribution in [0, 0.1) is 0 Å². The summed E-state index contributed by atoms with van der Waals surface area (Å²) in [5.74, 6) is -1.73. The molecule has 0 aliphatic rings. The first-order chi connectivity index (χ1) is 16.4. The number of amides is 2. The lowest BCUT2D eigenvalue weighted by atomic mass is 10.1. The third-order valence-electron chi connectivity index (χ3n) is 5.29. The first-order valence-electron chi connectivity index (χ1n) is 11.8. The number of aliphatic carboxylic acids is 1. The van der Waals surface area contributed by atoms with E-state index in [0.29, 0.717) is 23.8 Å². The second-order valence-electron chi connectivity index (χ2n) is 9.13. The number of carboxylic acids is 1. The molecule has 192 valence electrons. The molecule has 10 heteroatoms. The molecule has 0 aliphatic carbocycles. The highest BCUT2D eigenvalue weighted by atomic mass is 16.6. The standard InChI is InChI=1S/C25H35N3O7/c1-6-28(7-2)17-12-11-16-14-18(23(32)34-20(16)15-17)21(29)26-13-9-8-10-19(22(30)31)27-24(33)35-25(3,4)5/h11-12,14-15,19H,6-10,13H2,1-5H3,(H,26,29)(H,27,33)(H,30,31)/t19-/m0/s1. The molecule has 0 saturated carbocycles. The third-order valence-corrected chi connectivity index (χ3v) is 5.29. The fourth-order valence-corrected chi connectivity index (χ4v) is 3.52. The summed E-state index contributed by atoms with van der Waals surface area (Å²) >= 11 is 0. The number of nitrogens with one attached hydrogen (secondary N) is 2. The lowest BCUT2D eigenvalue weighted by Gasteiger charge is -2.22. The van der Waals surface area contributed by atoms with Crippen molar-refractivity contribution in [1.29, 1.82) is 0 Å². The van der Waals surface area contributed by atoms with Gasteiger partial charge in [0.2, 0.25) is 0 Å². The van der Waals surface area contributed by atoms with Crippen molar-refractivity contribution in [1.82, 2.24) is 10.6 Å². The van der Waals surface area contributed by atoms with Gasteiger partial charge in [0.15, 0.2) is 0 Å². The maximum atomic E-state index is 12.5. The Labute approximate surface area is 204 Å². The molecule has 3 N–H and O–H groups in total. The lowest BCUT2D eigenvalue weighted by Crippen LogP contribution is -2.43. The molecule has 2 amide bonds. The second-order valence-corrected chi connectivity index (χ2v) is 9.13. The molecule has 2 aromatic rings. The normalized spacial score (nSPS) is 12.1. The maximum absolute atomic E-state index is 12.5. The van der Waals surface area contributed by atoms with Crippen molar-refractivity contribution >= 4 is 34.6 Å². The number of carboxylic acid groups (broad SMARTS) is 1. The number of benzene rings is 1. The number of nitrogens with zero attached hydrogens (tertiary/aromatic N) is 1. The third kappa shape index (κ3) is 8.31. The predicted molar refractivity (Wildman–Crippen MR) is 133 cm³/mol. The van der Waals surface area contributed by atoms with Crippen molar-refractivity contribution in [2.75, 3.05) is 24.5 Å². The highest BCUT2D eigenvalue weighted by Crippen LogP contribution is 2.22. The summed E-state index contributed by atoms with van der Waals surface area (Å²) in [7, 11) is 0. The van der Waals surface area contributed by atoms with Crippen LogP contribution < -0.4 is 21.2 Å². The Morgan fingerprint density at radius 3 is 2.40 bits per heavy atom. The minimum atomic E-state index is -1.17. The molecule has 0 saturated heterocycles. The summed E-state index contributed by atoms with van der Waals surface area (Å²) in [5.41, 5.74) is -0.209. The average Bonchev–Trinajstić information content (AvgIpc) is 2.76. The van der Waals surface area contributed by atoms with Gasteiger partial charge >= 0.3 is 17.7 Å². The van der Waals surface area contributed by atoms with Gasteiger partial charge in [-0.15, -0.1) is 0 Å². The van der Waals surface area contributed by atoms with E-state index in [9.17, 15) is 24.3 Å². The van der Waals surface area contributed by atoms with E-state index in [0.717, 1.165) is 18.8 Å². The zero-order valence-corrected chi connectivity index (χ0v) is 21.0. The van der Waals surface area contributed by atoms with Crippen molar-refractivity contribution in [3.05, 3.63) is 40.2 Å². The summed E-state index contributed by atoms with van der Waals surface area (Å²) in [6.07, 6.45) is 0.244. The second kappa shape index (κ2) is 12.2. The fraction of sp³-hybridized carbons (Fsp3) is 0.520. The molecule has 0 unspecified atom stereocenters. The van der Waals surface area contributed by atoms with Crippen LogP contribution in [0.2, 0.25) is 0 Å². The number of hydrogen-bond acceptors (Lipinski definition) is 7. The molecular formula is C25H35N3O7. The number of carbonyl (C=O) groups is 3. The van der Waals surface area contributed by atoms with E-state index in [1.165, 1.54) is 6.07 Å². The largest absolute Gasteiger partial charge is 0.480 e. The molecule has 1 aromatic carbocycles. The SMILES string of the molecule is CCN(CC)c1ccc2cc(C(=O)NCCCC[C@H](NC(=O)OC(C)(C)C)C(=O)O)c(=O)oc2c1. The van der Waals surface area contributed by atoms with Gasteiger partial charge < -0.3 is 29.8 Å². The number of alkyl carbamates (subject to hydrolysis) is 1. The summed E-state index contributed by atoms with van der Waals surface area (Å²) in [4.78, 5) is 50.3. The number of hydrogen-bond donors (Lipinski definition) is 3. The van der Waals surface area contributed by atoms with Gasteiger partial charge in [-0.3, -0.25) is 4.79 Å². The quantitative estimate of drug-likeness (QED) is 0.322. The van der Waals surface area contributed by atoms with Crippen molar-refractivity contribution in [3.8, 4) is 0 Å². The van der Waals surface area contributed by atoms with Gasteiger partial charge in [-0.25, -0.2) is 14.4 Å². The van der Waals surface area contributed by atoms with Gasteiger partial charge in [0, 0.05) is 36.8 Å². The van der Waals surface area contributed by atoms with Crippen molar-refractivity contribution in [2.45, 2.75) is 65.5 Å². The van der Waals surface area contributed by atoms with Crippen molar-refractivity contribution < 1.29 is 28.6 Å². The van der Waals surface area contributed by atoms with Gasteiger partial charge in [-0.05, 0) is 72.1 Å². The summed E-state index contributed by atoms with van der Waals surface area (Å²) < 4.78 is 10.5. The average molecular weight is 490 g/mol. The molecule has 0 bridgehead atoms. The van der Waals surface area contributed by atoms with E-state index in [1.807, 2.05) is 26.0 Å². The van der Waals surface area contributed by atoms with Crippen LogP contribution >= 0.6 is 0 Å². The smallest absolute Gasteiger partial charge is 0.408 e. The first kappa shape index (κ1) is 27.7. The molecule has 0 aliphatic heterocycles. The van der Waals surface area contributed by atoms with Gasteiger partial charge in [0.05, 0.1) is 0 Å². The molecule has 1 atom stereocenters. The Hall–Kier alpha value is -3.56. The highest BCUT2D eigenvalue weighted by molar-refractivity contribution is 5.97. The lowest BCUT2D eigenvalue weighted by molar-refractivity contribution is -0.139. The minimum absolute atomic E-state index is 0.0944. The summed E-state index contributed by atoms with van der Waals surface area (Å²) in [5, 5.41) is 15.0. The number of carbonyl (C=O) groups excluding carboxylic acids is 2. The minimum Gasteiger partial charge on any atom is -0.480 e. The monoisotopic (exact) mass is 489 g/mol. The molecule has 0 radical (unpaired) electrons. The van der Waals surface area contributed by atoms with Crippen LogP contribution in [0.3, 0.4) is 0 Å². The molecule has 10 nitrogen and oxygen atoms in total. The predicted octanol–water partition coefficient (Wildman–Crippen LogP) is 3.52. The summed E-state index contributed by atoms with van der Waals surface area (Å²) in [6.45, 7) is 11.0. The molecule has 2 rings (SSSR count). The van der Waals surface area contributed by atoms with Crippen LogP contribution in [0.1, 0.15) is 64.2 Å². The topological polar surface area (TPSA) is 138 Å². The van der Waals surface area contributed by atoms with E-state index in [2.05, 4.69) is 15.5 Å². The number of unbranched alkanes of at least 4 members (excludes halogenated alkanes) is 1. The molecule has 0 spiro atoms. The Kier molecular flexibility index (Phi) is 9.68. The number of ether oxygens (including phenoxy) is 1.